The van der Waals surface area contributed by atoms with Crippen LogP contribution in [0.4, 0.5) is 5.69 Å². The molecule has 27 heavy (non-hydrogen) atoms. The Morgan fingerprint density at radius 2 is 2.00 bits per heavy atom. The van der Waals surface area contributed by atoms with Crippen molar-refractivity contribution < 1.29 is 13.2 Å². The molecule has 142 valence electrons. The molecule has 0 heterocycles. The number of hydrogen-bond donors (Lipinski definition) is 1. The van der Waals surface area contributed by atoms with E-state index in [1.54, 1.807) is 24.3 Å². The molecule has 1 N–H and O–H groups in total. The second-order valence-electron chi connectivity index (χ2n) is 6.34. The smallest absolute Gasteiger partial charge is 0.245 e. The molecule has 4 nitrogen and oxygen atoms in total. The average molecular weight is 404 g/mol. The number of carbonyl (C=O) groups excluding carboxylic acids is 1. The van der Waals surface area contributed by atoms with Gasteiger partial charge < -0.3 is 0 Å². The fraction of sp³-hybridized carbons (Fsp3) is 0.286. The predicted octanol–water partition coefficient (Wildman–Crippen LogP) is 4.28. The highest BCUT2D eigenvalue weighted by molar-refractivity contribution is 7.93. The number of halogens is 1. The van der Waals surface area contributed by atoms with Crippen LogP contribution in [0.5, 0.6) is 0 Å². The minimum absolute atomic E-state index is 0.187. The monoisotopic (exact) mass is 403 g/mol. The highest BCUT2D eigenvalue weighted by Gasteiger charge is 2.47. The van der Waals surface area contributed by atoms with Gasteiger partial charge in [-0.15, -0.1) is 0 Å². The molecular weight excluding hydrogens is 382 g/mol. The molecule has 0 aliphatic heterocycles. The fourth-order valence-electron chi connectivity index (χ4n) is 3.07. The Morgan fingerprint density at radius 3 is 2.59 bits per heavy atom. The van der Waals surface area contributed by atoms with Crippen LogP contribution in [0.15, 0.2) is 66.3 Å². The molecule has 6 heteroatoms. The van der Waals surface area contributed by atoms with E-state index in [0.29, 0.717) is 12.1 Å². The van der Waals surface area contributed by atoms with E-state index in [1.807, 2.05) is 38.1 Å². The number of para-hydroxylation sites is 1. The average Bonchev–Trinajstić information content (AvgIpc) is 2.61. The summed E-state index contributed by atoms with van der Waals surface area (Å²) < 4.78 is 28.4. The van der Waals surface area contributed by atoms with E-state index < -0.39 is 20.5 Å². The van der Waals surface area contributed by atoms with Gasteiger partial charge in [0.25, 0.3) is 0 Å². The lowest BCUT2D eigenvalue weighted by Crippen LogP contribution is -2.48. The van der Waals surface area contributed by atoms with Crippen molar-refractivity contribution in [3.05, 3.63) is 66.3 Å². The molecule has 0 amide bonds. The molecule has 1 fully saturated rings. The summed E-state index contributed by atoms with van der Waals surface area (Å²) in [5, 5.41) is -1.16. The third kappa shape index (κ3) is 5.85. The maximum Gasteiger partial charge on any atom is 0.245 e. The number of sulfonamides is 1. The summed E-state index contributed by atoms with van der Waals surface area (Å²) in [6.07, 6.45) is 8.62. The SMILES string of the molecule is C/C=C\C=C(\C#C/C=C/C(=O)Cl)C1C(C)CC1S(=O)(=O)Nc1ccccc1. The molecule has 0 bridgehead atoms. The minimum atomic E-state index is -3.55. The molecule has 0 spiro atoms. The second kappa shape index (κ2) is 9.59. The van der Waals surface area contributed by atoms with Gasteiger partial charge in [-0.2, -0.15) is 0 Å². The first-order valence-corrected chi connectivity index (χ1v) is 10.5. The number of carbonyl (C=O) groups is 1. The van der Waals surface area contributed by atoms with Crippen molar-refractivity contribution in [1.82, 2.24) is 0 Å². The van der Waals surface area contributed by atoms with Crippen molar-refractivity contribution in [2.75, 3.05) is 4.72 Å². The predicted molar refractivity (Wildman–Crippen MR) is 111 cm³/mol. The summed E-state index contributed by atoms with van der Waals surface area (Å²) in [6, 6.07) is 8.84. The van der Waals surface area contributed by atoms with E-state index in [0.717, 1.165) is 11.6 Å². The zero-order valence-electron chi connectivity index (χ0n) is 15.2. The van der Waals surface area contributed by atoms with Gasteiger partial charge >= 0.3 is 0 Å². The molecule has 0 aromatic heterocycles. The largest absolute Gasteiger partial charge is 0.283 e. The van der Waals surface area contributed by atoms with Crippen molar-refractivity contribution in [3.63, 3.8) is 0 Å². The van der Waals surface area contributed by atoms with Gasteiger partial charge in [0, 0.05) is 23.3 Å². The number of nitrogens with one attached hydrogen (secondary N) is 1. The molecule has 1 aromatic carbocycles. The van der Waals surface area contributed by atoms with Gasteiger partial charge in [-0.25, -0.2) is 8.42 Å². The van der Waals surface area contributed by atoms with Gasteiger partial charge in [-0.3, -0.25) is 9.52 Å². The first-order chi connectivity index (χ1) is 12.8. The molecule has 0 saturated heterocycles. The second-order valence-corrected chi connectivity index (χ2v) is 8.62. The number of rotatable bonds is 6. The van der Waals surface area contributed by atoms with Crippen LogP contribution in [-0.2, 0) is 14.8 Å². The summed E-state index contributed by atoms with van der Waals surface area (Å²) >= 11 is 5.25. The number of allylic oxidation sites excluding steroid dienone is 6. The van der Waals surface area contributed by atoms with E-state index >= 15 is 0 Å². The lowest BCUT2D eigenvalue weighted by atomic mass is 9.70. The molecular formula is C21H22ClNO3S. The Morgan fingerprint density at radius 1 is 1.30 bits per heavy atom. The van der Waals surface area contributed by atoms with Crippen LogP contribution < -0.4 is 4.72 Å². The molecule has 1 saturated carbocycles. The fourth-order valence-corrected chi connectivity index (χ4v) is 5.11. The number of anilines is 1. The third-order valence-electron chi connectivity index (χ3n) is 4.39. The molecule has 1 aliphatic carbocycles. The Balaban J connectivity index is 2.27. The lowest BCUT2D eigenvalue weighted by Gasteiger charge is -2.42. The van der Waals surface area contributed by atoms with Gasteiger partial charge in [0.05, 0.1) is 5.25 Å². The van der Waals surface area contributed by atoms with E-state index in [1.165, 1.54) is 6.08 Å². The van der Waals surface area contributed by atoms with Crippen molar-refractivity contribution in [2.45, 2.75) is 25.5 Å². The Kier molecular flexibility index (Phi) is 7.46. The lowest BCUT2D eigenvalue weighted by molar-refractivity contribution is -0.107. The van der Waals surface area contributed by atoms with Crippen LogP contribution in [0, 0.1) is 23.7 Å². The van der Waals surface area contributed by atoms with Crippen molar-refractivity contribution >= 4 is 32.6 Å². The van der Waals surface area contributed by atoms with Crippen LogP contribution in [0.1, 0.15) is 20.3 Å². The van der Waals surface area contributed by atoms with Gasteiger partial charge in [-0.1, -0.05) is 55.2 Å². The standard InChI is InChI=1S/C21H22ClNO3S/c1-3-4-10-17(11-8-9-14-20(22)24)21-16(2)15-19(21)27(25,26)23-18-12-6-5-7-13-18/h3-7,9-10,12-14,16,19,21,23H,15H2,1-2H3/b4-3-,14-9+,17-10-. The van der Waals surface area contributed by atoms with Crippen molar-refractivity contribution in [2.24, 2.45) is 11.8 Å². The van der Waals surface area contributed by atoms with Gasteiger partial charge in [0.2, 0.25) is 15.3 Å². The molecule has 2 rings (SSSR count). The van der Waals surface area contributed by atoms with Crippen molar-refractivity contribution in [1.29, 1.82) is 0 Å². The molecule has 0 radical (unpaired) electrons. The summed E-state index contributed by atoms with van der Waals surface area (Å²) in [4.78, 5) is 10.8. The highest BCUT2D eigenvalue weighted by Crippen LogP contribution is 2.44. The maximum atomic E-state index is 12.9. The first kappa shape index (κ1) is 21.0. The van der Waals surface area contributed by atoms with Crippen LogP contribution in [0.2, 0.25) is 0 Å². The Hall–Kier alpha value is -2.29. The summed E-state index contributed by atoms with van der Waals surface area (Å²) in [6.45, 7) is 3.89. The molecule has 3 atom stereocenters. The summed E-state index contributed by atoms with van der Waals surface area (Å²) in [7, 11) is -3.55. The van der Waals surface area contributed by atoms with Crippen molar-refractivity contribution in [3.8, 4) is 11.8 Å². The van der Waals surface area contributed by atoms with Crippen LogP contribution in [0.3, 0.4) is 0 Å². The topological polar surface area (TPSA) is 63.2 Å². The van der Waals surface area contributed by atoms with Gasteiger partial charge in [-0.05, 0) is 49.1 Å². The van der Waals surface area contributed by atoms with Crippen LogP contribution in [0.25, 0.3) is 0 Å². The Labute approximate surface area is 166 Å². The maximum absolute atomic E-state index is 12.9. The minimum Gasteiger partial charge on any atom is -0.283 e. The van der Waals surface area contributed by atoms with E-state index in [-0.39, 0.29) is 11.8 Å². The number of hydrogen-bond acceptors (Lipinski definition) is 3. The van der Waals surface area contributed by atoms with E-state index in [9.17, 15) is 13.2 Å². The first-order valence-electron chi connectivity index (χ1n) is 8.62. The van der Waals surface area contributed by atoms with Gasteiger partial charge in [0.1, 0.15) is 0 Å². The molecule has 3 unspecified atom stereocenters. The van der Waals surface area contributed by atoms with Crippen LogP contribution >= 0.6 is 11.6 Å². The van der Waals surface area contributed by atoms with Crippen LogP contribution in [-0.4, -0.2) is 18.9 Å². The van der Waals surface area contributed by atoms with E-state index in [2.05, 4.69) is 16.6 Å². The Bertz CT molecular complexity index is 921. The quantitative estimate of drug-likeness (QED) is 0.333. The van der Waals surface area contributed by atoms with E-state index in [4.69, 9.17) is 11.6 Å². The summed E-state index contributed by atoms with van der Waals surface area (Å²) in [5.74, 6) is 5.72. The molecule has 1 aliphatic rings. The van der Waals surface area contributed by atoms with Gasteiger partial charge in [0.15, 0.2) is 0 Å². The normalized spacial score (nSPS) is 22.9. The summed E-state index contributed by atoms with van der Waals surface area (Å²) in [5.41, 5.74) is 1.27. The number of benzene rings is 1. The third-order valence-corrected chi connectivity index (χ3v) is 6.32. The zero-order valence-corrected chi connectivity index (χ0v) is 16.8. The molecule has 1 aromatic rings. The highest BCUT2D eigenvalue weighted by atomic mass is 35.5. The zero-order chi connectivity index (χ0) is 19.9.